The van der Waals surface area contributed by atoms with Crippen LogP contribution in [0, 0.1) is 6.92 Å². The van der Waals surface area contributed by atoms with E-state index in [1.54, 1.807) is 0 Å². The Kier molecular flexibility index (Phi) is 4.93. The van der Waals surface area contributed by atoms with Gasteiger partial charge in [0.15, 0.2) is 11.8 Å². The monoisotopic (exact) mass is 477 g/mol. The first-order valence-electron chi connectivity index (χ1n) is 13.3. The Hall–Kier alpha value is -3.20. The lowest BCUT2D eigenvalue weighted by atomic mass is 9.62. The minimum absolute atomic E-state index is 0.0880. The Morgan fingerprint density at radius 3 is 2.39 bits per heavy atom. The average molecular weight is 478 g/mol. The van der Waals surface area contributed by atoms with E-state index in [4.69, 9.17) is 9.40 Å². The molecule has 3 aromatic heterocycles. The number of aromatic nitrogens is 2. The summed E-state index contributed by atoms with van der Waals surface area (Å²) in [5.74, 6) is 0.491. The van der Waals surface area contributed by atoms with Gasteiger partial charge >= 0.3 is 0 Å². The predicted molar refractivity (Wildman–Crippen MR) is 150 cm³/mol. The second-order valence-electron chi connectivity index (χ2n) is 12.5. The quantitative estimate of drug-likeness (QED) is 0.239. The van der Waals surface area contributed by atoms with Crippen molar-refractivity contribution >= 4 is 33.0 Å². The van der Waals surface area contributed by atoms with Gasteiger partial charge in [-0.1, -0.05) is 65.8 Å². The van der Waals surface area contributed by atoms with E-state index in [-0.39, 0.29) is 10.8 Å². The molecule has 0 atom stereocenters. The zero-order valence-electron chi connectivity index (χ0n) is 22.9. The van der Waals surface area contributed by atoms with E-state index in [1.807, 2.05) is 0 Å². The van der Waals surface area contributed by atoms with Gasteiger partial charge in [-0.05, 0) is 65.3 Å². The Morgan fingerprint density at radius 1 is 0.917 bits per heavy atom. The number of nitrogens with zero attached hydrogens (tertiary/aromatic N) is 2. The van der Waals surface area contributed by atoms with Crippen LogP contribution in [0.3, 0.4) is 0 Å². The molecule has 0 unspecified atom stereocenters. The summed E-state index contributed by atoms with van der Waals surface area (Å²) in [6.45, 7) is 16.1. The largest absolute Gasteiger partial charge is 0.437 e. The van der Waals surface area contributed by atoms with Crippen molar-refractivity contribution in [2.45, 2.75) is 78.1 Å². The first-order chi connectivity index (χ1) is 17.0. The molecule has 5 aromatic rings. The average Bonchev–Trinajstić information content (AvgIpc) is 3.17. The molecule has 0 saturated carbocycles. The number of pyridine rings is 2. The van der Waals surface area contributed by atoms with E-state index < -0.39 is 0 Å². The molecule has 0 N–H and O–H groups in total. The lowest BCUT2D eigenvalue weighted by molar-refractivity contribution is -0.660. The molecule has 0 radical (unpaired) electrons. The highest BCUT2D eigenvalue weighted by molar-refractivity contribution is 6.11. The second kappa shape index (κ2) is 7.65. The third kappa shape index (κ3) is 3.32. The van der Waals surface area contributed by atoms with Gasteiger partial charge < -0.3 is 4.42 Å². The molecular formula is C33H37N2O+. The number of furan rings is 1. The lowest BCUT2D eigenvalue weighted by Crippen LogP contribution is -2.34. The number of fused-ring (bicyclic) bond motifs is 6. The molecule has 6 rings (SSSR count). The maximum absolute atomic E-state index is 6.65. The van der Waals surface area contributed by atoms with Gasteiger partial charge in [-0.25, -0.2) is 9.55 Å². The summed E-state index contributed by atoms with van der Waals surface area (Å²) >= 11 is 0. The highest BCUT2D eigenvalue weighted by atomic mass is 16.3. The molecule has 3 nitrogen and oxygen atoms in total. The smallest absolute Gasteiger partial charge is 0.227 e. The molecule has 1 aliphatic carbocycles. The van der Waals surface area contributed by atoms with Gasteiger partial charge in [-0.3, -0.25) is 0 Å². The van der Waals surface area contributed by atoms with Crippen molar-refractivity contribution < 1.29 is 8.98 Å². The van der Waals surface area contributed by atoms with Crippen LogP contribution < -0.4 is 4.57 Å². The van der Waals surface area contributed by atoms with E-state index >= 15 is 0 Å². The van der Waals surface area contributed by atoms with Crippen LogP contribution in [0.1, 0.15) is 82.6 Å². The summed E-state index contributed by atoms with van der Waals surface area (Å²) < 4.78 is 8.88. The minimum atomic E-state index is 0.0880. The molecule has 3 heterocycles. The van der Waals surface area contributed by atoms with Crippen molar-refractivity contribution in [3.8, 4) is 11.3 Å². The molecule has 0 amide bonds. The topological polar surface area (TPSA) is 29.9 Å². The standard InChI is InChI=1S/C33H37N2O/c1-19(2)22-11-14-26(35(8)18-22)27-20(3)9-12-23-24-17-21-10-13-25-28(29(21)34-31(24)36-30(23)27)33(6,7)16-15-32(25,4)5/h9-14,17-19H,15-16H2,1-8H3/q+1. The van der Waals surface area contributed by atoms with Crippen molar-refractivity contribution in [2.24, 2.45) is 7.05 Å². The molecule has 0 bridgehead atoms. The Labute approximate surface area is 214 Å². The van der Waals surface area contributed by atoms with E-state index in [1.165, 1.54) is 34.1 Å². The van der Waals surface area contributed by atoms with Gasteiger partial charge in [0.1, 0.15) is 7.05 Å². The lowest BCUT2D eigenvalue weighted by Gasteiger charge is -2.42. The molecule has 0 spiro atoms. The maximum atomic E-state index is 6.65. The van der Waals surface area contributed by atoms with Crippen LogP contribution in [0.2, 0.25) is 0 Å². The Balaban J connectivity index is 1.66. The summed E-state index contributed by atoms with van der Waals surface area (Å²) in [6, 6.07) is 15.8. The van der Waals surface area contributed by atoms with E-state index in [0.29, 0.717) is 5.92 Å². The summed E-state index contributed by atoms with van der Waals surface area (Å²) in [7, 11) is 2.13. The summed E-state index contributed by atoms with van der Waals surface area (Å²) in [5, 5.41) is 3.42. The first-order valence-corrected chi connectivity index (χ1v) is 13.3. The number of hydrogen-bond acceptors (Lipinski definition) is 2. The third-order valence-electron chi connectivity index (χ3n) is 8.67. The predicted octanol–water partition coefficient (Wildman–Crippen LogP) is 8.41. The molecule has 1 aliphatic rings. The Morgan fingerprint density at radius 2 is 1.67 bits per heavy atom. The van der Waals surface area contributed by atoms with Crippen molar-refractivity contribution in [1.82, 2.24) is 4.98 Å². The van der Waals surface area contributed by atoms with E-state index in [2.05, 4.69) is 109 Å². The van der Waals surface area contributed by atoms with Crippen LogP contribution in [0.15, 0.2) is 53.1 Å². The molecule has 3 heteroatoms. The van der Waals surface area contributed by atoms with E-state index in [0.717, 1.165) is 45.3 Å². The fraction of sp³-hybridized carbons (Fsp3) is 0.394. The summed E-state index contributed by atoms with van der Waals surface area (Å²) in [5.41, 5.74) is 10.7. The SMILES string of the molecule is Cc1ccc2c(oc3nc4c5c(ccc4cc32)C(C)(C)CCC5(C)C)c1-c1ccc(C(C)C)c[n+]1C. The van der Waals surface area contributed by atoms with Crippen LogP contribution in [0.25, 0.3) is 44.2 Å². The van der Waals surface area contributed by atoms with Crippen molar-refractivity contribution in [3.05, 3.63) is 70.9 Å². The number of rotatable bonds is 2. The third-order valence-corrected chi connectivity index (χ3v) is 8.67. The molecular weight excluding hydrogens is 440 g/mol. The van der Waals surface area contributed by atoms with E-state index in [9.17, 15) is 0 Å². The fourth-order valence-corrected chi connectivity index (χ4v) is 6.27. The molecule has 0 aliphatic heterocycles. The van der Waals surface area contributed by atoms with Crippen LogP contribution >= 0.6 is 0 Å². The molecule has 0 saturated heterocycles. The number of hydrogen-bond donors (Lipinski definition) is 0. The van der Waals surface area contributed by atoms with Gasteiger partial charge in [0, 0.05) is 27.8 Å². The van der Waals surface area contributed by atoms with Crippen LogP contribution in [0.5, 0.6) is 0 Å². The van der Waals surface area contributed by atoms with Gasteiger partial charge in [-0.15, -0.1) is 0 Å². The zero-order chi connectivity index (χ0) is 25.6. The van der Waals surface area contributed by atoms with Gasteiger partial charge in [0.05, 0.1) is 11.1 Å². The van der Waals surface area contributed by atoms with Crippen LogP contribution in [0.4, 0.5) is 0 Å². The van der Waals surface area contributed by atoms with Crippen molar-refractivity contribution in [1.29, 1.82) is 0 Å². The fourth-order valence-electron chi connectivity index (χ4n) is 6.27. The van der Waals surface area contributed by atoms with Crippen LogP contribution in [-0.4, -0.2) is 4.98 Å². The molecule has 36 heavy (non-hydrogen) atoms. The molecule has 184 valence electrons. The Bertz CT molecular complexity index is 1680. The molecule has 0 fully saturated rings. The second-order valence-corrected chi connectivity index (χ2v) is 12.5. The first kappa shape index (κ1) is 23.2. The summed E-state index contributed by atoms with van der Waals surface area (Å²) in [6.07, 6.45) is 4.60. The number of aryl methyl sites for hydroxylation is 2. The highest BCUT2D eigenvalue weighted by Crippen LogP contribution is 2.48. The van der Waals surface area contributed by atoms with Gasteiger partial charge in [-0.2, -0.15) is 0 Å². The normalized spacial score (nSPS) is 16.8. The molecule has 2 aromatic carbocycles. The van der Waals surface area contributed by atoms with Crippen LogP contribution in [-0.2, 0) is 17.9 Å². The van der Waals surface area contributed by atoms with Crippen molar-refractivity contribution in [3.63, 3.8) is 0 Å². The number of benzene rings is 2. The van der Waals surface area contributed by atoms with Gasteiger partial charge in [0.2, 0.25) is 11.4 Å². The van der Waals surface area contributed by atoms with Gasteiger partial charge in [0.25, 0.3) is 0 Å². The van der Waals surface area contributed by atoms with Crippen molar-refractivity contribution in [2.75, 3.05) is 0 Å². The summed E-state index contributed by atoms with van der Waals surface area (Å²) in [4.78, 5) is 5.24. The zero-order valence-corrected chi connectivity index (χ0v) is 22.9. The highest BCUT2D eigenvalue weighted by Gasteiger charge is 2.38. The maximum Gasteiger partial charge on any atom is 0.227 e. The minimum Gasteiger partial charge on any atom is -0.437 e.